The van der Waals surface area contributed by atoms with E-state index in [4.69, 9.17) is 5.73 Å². The van der Waals surface area contributed by atoms with Gasteiger partial charge in [0.15, 0.2) is 0 Å². The minimum Gasteiger partial charge on any atom is -0.330 e. The zero-order valence-electron chi connectivity index (χ0n) is 9.11. The van der Waals surface area contributed by atoms with Crippen LogP contribution in [0.15, 0.2) is 12.3 Å². The van der Waals surface area contributed by atoms with Gasteiger partial charge in [0.25, 0.3) is 0 Å². The summed E-state index contributed by atoms with van der Waals surface area (Å²) >= 11 is 0. The van der Waals surface area contributed by atoms with E-state index in [1.165, 1.54) is 24.8 Å². The molecule has 0 bridgehead atoms. The molecule has 0 aliphatic heterocycles. The fourth-order valence-corrected chi connectivity index (χ4v) is 2.59. The number of fused-ring (bicyclic) bond motifs is 1. The number of aromatic nitrogens is 4. The predicted octanol–water partition coefficient (Wildman–Crippen LogP) is 1.12. The van der Waals surface area contributed by atoms with Crippen LogP contribution in [0.5, 0.6) is 0 Å². The van der Waals surface area contributed by atoms with Gasteiger partial charge in [-0.15, -0.1) is 5.10 Å². The lowest BCUT2D eigenvalue weighted by atomic mass is 9.63. The molecule has 1 aliphatic rings. The lowest BCUT2D eigenvalue weighted by molar-refractivity contribution is 0.229. The van der Waals surface area contributed by atoms with Crippen molar-refractivity contribution >= 4 is 11.2 Å². The minimum atomic E-state index is 0.259. The van der Waals surface area contributed by atoms with Crippen molar-refractivity contribution in [3.63, 3.8) is 0 Å². The van der Waals surface area contributed by atoms with Crippen molar-refractivity contribution in [3.05, 3.63) is 17.8 Å². The van der Waals surface area contributed by atoms with E-state index in [1.54, 1.807) is 0 Å². The van der Waals surface area contributed by atoms with Crippen LogP contribution in [0.4, 0.5) is 0 Å². The summed E-state index contributed by atoms with van der Waals surface area (Å²) < 4.78 is 0. The van der Waals surface area contributed by atoms with E-state index in [0.29, 0.717) is 5.65 Å². The molecule has 84 valence electrons. The molecule has 0 amide bonds. The standard InChI is InChI=1S/C11H15N5/c12-5-4-11(2-1-3-11)8-6-9-10(13-7-8)15-16-14-9/h6-7H,1-5,12H2,(H,13,14,15,16). The average molecular weight is 217 g/mol. The molecule has 0 spiro atoms. The van der Waals surface area contributed by atoms with Crippen molar-refractivity contribution in [1.29, 1.82) is 0 Å². The van der Waals surface area contributed by atoms with E-state index in [9.17, 15) is 0 Å². The van der Waals surface area contributed by atoms with Gasteiger partial charge in [0.2, 0.25) is 5.65 Å². The third-order valence-corrected chi connectivity index (χ3v) is 3.72. The zero-order chi connectivity index (χ0) is 11.0. The second-order valence-electron chi connectivity index (χ2n) is 4.56. The Morgan fingerprint density at radius 3 is 2.94 bits per heavy atom. The Morgan fingerprint density at radius 1 is 1.38 bits per heavy atom. The third-order valence-electron chi connectivity index (χ3n) is 3.72. The summed E-state index contributed by atoms with van der Waals surface area (Å²) in [6, 6.07) is 2.10. The highest BCUT2D eigenvalue weighted by Gasteiger charge is 2.38. The fraction of sp³-hybridized carbons (Fsp3) is 0.545. The van der Waals surface area contributed by atoms with Gasteiger partial charge in [-0.25, -0.2) is 4.98 Å². The molecule has 0 aromatic carbocycles. The molecule has 16 heavy (non-hydrogen) atoms. The number of hydrogen-bond acceptors (Lipinski definition) is 4. The second kappa shape index (κ2) is 3.52. The van der Waals surface area contributed by atoms with Crippen LogP contribution in [-0.4, -0.2) is 26.9 Å². The van der Waals surface area contributed by atoms with Crippen molar-refractivity contribution < 1.29 is 0 Å². The van der Waals surface area contributed by atoms with Crippen molar-refractivity contribution in [2.24, 2.45) is 5.73 Å². The van der Waals surface area contributed by atoms with E-state index in [0.717, 1.165) is 18.5 Å². The van der Waals surface area contributed by atoms with Crippen LogP contribution >= 0.6 is 0 Å². The third kappa shape index (κ3) is 1.31. The maximum Gasteiger partial charge on any atom is 0.201 e. The first-order chi connectivity index (χ1) is 7.84. The first-order valence-electron chi connectivity index (χ1n) is 5.71. The number of nitrogens with zero attached hydrogens (tertiary/aromatic N) is 3. The number of rotatable bonds is 3. The Balaban J connectivity index is 2.03. The van der Waals surface area contributed by atoms with Gasteiger partial charge in [0.05, 0.1) is 0 Å². The SMILES string of the molecule is NCCC1(c2cnc3n[nH]nc3c2)CCC1. The van der Waals surface area contributed by atoms with Crippen molar-refractivity contribution in [1.82, 2.24) is 20.4 Å². The first kappa shape index (κ1) is 9.72. The van der Waals surface area contributed by atoms with E-state index >= 15 is 0 Å². The predicted molar refractivity (Wildman–Crippen MR) is 60.9 cm³/mol. The van der Waals surface area contributed by atoms with E-state index in [1.807, 2.05) is 6.20 Å². The van der Waals surface area contributed by atoms with Crippen LogP contribution in [0.1, 0.15) is 31.2 Å². The molecule has 3 rings (SSSR count). The lowest BCUT2D eigenvalue weighted by Crippen LogP contribution is -2.36. The summed E-state index contributed by atoms with van der Waals surface area (Å²) in [5.74, 6) is 0. The number of aromatic amines is 1. The topological polar surface area (TPSA) is 80.5 Å². The van der Waals surface area contributed by atoms with Crippen LogP contribution in [0.25, 0.3) is 11.2 Å². The number of hydrogen-bond donors (Lipinski definition) is 2. The lowest BCUT2D eigenvalue weighted by Gasteiger charge is -2.42. The van der Waals surface area contributed by atoms with Gasteiger partial charge in [-0.2, -0.15) is 10.3 Å². The summed E-state index contributed by atoms with van der Waals surface area (Å²) in [4.78, 5) is 4.33. The molecule has 3 N–H and O–H groups in total. The quantitative estimate of drug-likeness (QED) is 0.807. The first-order valence-corrected chi connectivity index (χ1v) is 5.71. The van der Waals surface area contributed by atoms with E-state index < -0.39 is 0 Å². The summed E-state index contributed by atoms with van der Waals surface area (Å²) in [5.41, 5.74) is 8.76. The van der Waals surface area contributed by atoms with E-state index in [2.05, 4.69) is 26.5 Å². The van der Waals surface area contributed by atoms with Gasteiger partial charge >= 0.3 is 0 Å². The zero-order valence-corrected chi connectivity index (χ0v) is 9.11. The molecule has 0 radical (unpaired) electrons. The number of H-pyrrole nitrogens is 1. The monoisotopic (exact) mass is 217 g/mol. The Hall–Kier alpha value is -1.49. The van der Waals surface area contributed by atoms with Crippen molar-refractivity contribution in [3.8, 4) is 0 Å². The summed E-state index contributed by atoms with van der Waals surface area (Å²) in [5, 5.41) is 10.6. The maximum atomic E-state index is 5.70. The molecule has 1 fully saturated rings. The maximum absolute atomic E-state index is 5.70. The summed E-state index contributed by atoms with van der Waals surface area (Å²) in [7, 11) is 0. The Morgan fingerprint density at radius 2 is 2.25 bits per heavy atom. The number of nitrogens with one attached hydrogen (secondary N) is 1. The molecule has 1 saturated carbocycles. The highest BCUT2D eigenvalue weighted by atomic mass is 15.3. The van der Waals surface area contributed by atoms with Gasteiger partial charge in [-0.05, 0) is 42.9 Å². The molecule has 2 aromatic heterocycles. The smallest absolute Gasteiger partial charge is 0.201 e. The van der Waals surface area contributed by atoms with Gasteiger partial charge in [-0.3, -0.25) is 0 Å². The van der Waals surface area contributed by atoms with Crippen LogP contribution in [-0.2, 0) is 5.41 Å². The molecule has 5 nitrogen and oxygen atoms in total. The molecular formula is C11H15N5. The Kier molecular flexibility index (Phi) is 2.14. The van der Waals surface area contributed by atoms with E-state index in [-0.39, 0.29) is 5.41 Å². The highest BCUT2D eigenvalue weighted by molar-refractivity contribution is 5.69. The highest BCUT2D eigenvalue weighted by Crippen LogP contribution is 2.46. The van der Waals surface area contributed by atoms with Gasteiger partial charge < -0.3 is 5.73 Å². The molecule has 2 heterocycles. The molecular weight excluding hydrogens is 202 g/mol. The second-order valence-corrected chi connectivity index (χ2v) is 4.56. The number of nitrogens with two attached hydrogens (primary N) is 1. The summed E-state index contributed by atoms with van der Waals surface area (Å²) in [6.07, 6.45) is 6.69. The van der Waals surface area contributed by atoms with Crippen molar-refractivity contribution in [2.45, 2.75) is 31.1 Å². The fourth-order valence-electron chi connectivity index (χ4n) is 2.59. The molecule has 1 aliphatic carbocycles. The normalized spacial score (nSPS) is 18.6. The van der Waals surface area contributed by atoms with Crippen LogP contribution < -0.4 is 5.73 Å². The van der Waals surface area contributed by atoms with Crippen LogP contribution in [0.2, 0.25) is 0 Å². The largest absolute Gasteiger partial charge is 0.330 e. The van der Waals surface area contributed by atoms with Gasteiger partial charge in [0, 0.05) is 6.20 Å². The number of pyridine rings is 1. The molecule has 0 atom stereocenters. The molecule has 0 saturated heterocycles. The van der Waals surface area contributed by atoms with Gasteiger partial charge in [-0.1, -0.05) is 6.42 Å². The van der Waals surface area contributed by atoms with Crippen LogP contribution in [0.3, 0.4) is 0 Å². The molecule has 2 aromatic rings. The Bertz CT molecular complexity index is 500. The average Bonchev–Trinajstić information content (AvgIpc) is 2.70. The minimum absolute atomic E-state index is 0.259. The molecule has 0 unspecified atom stereocenters. The summed E-state index contributed by atoms with van der Waals surface area (Å²) in [6.45, 7) is 0.733. The molecule has 5 heteroatoms. The van der Waals surface area contributed by atoms with Crippen LogP contribution in [0, 0.1) is 0 Å². The Labute approximate surface area is 93.4 Å². The van der Waals surface area contributed by atoms with Crippen molar-refractivity contribution in [2.75, 3.05) is 6.54 Å². The van der Waals surface area contributed by atoms with Gasteiger partial charge in [0.1, 0.15) is 5.52 Å².